The average Bonchev–Trinajstić information content (AvgIpc) is 2.87. The number of amides is 1. The summed E-state index contributed by atoms with van der Waals surface area (Å²) in [5.74, 6) is 0.0971. The van der Waals surface area contributed by atoms with Crippen molar-refractivity contribution in [2.24, 2.45) is 0 Å². The highest BCUT2D eigenvalue weighted by Crippen LogP contribution is 2.29. The smallest absolute Gasteiger partial charge is 0.307 e. The minimum Gasteiger partial charge on any atom is -0.307 e. The van der Waals surface area contributed by atoms with Crippen LogP contribution in [0.4, 0.5) is 19.0 Å². The number of aromatic nitrogens is 3. The number of aryl methyl sites for hydroxylation is 1. The lowest BCUT2D eigenvalue weighted by Gasteiger charge is -2.09. The zero-order valence-electron chi connectivity index (χ0n) is 13.0. The van der Waals surface area contributed by atoms with Gasteiger partial charge >= 0.3 is 6.18 Å². The quantitative estimate of drug-likeness (QED) is 0.685. The van der Waals surface area contributed by atoms with Crippen molar-refractivity contribution in [3.8, 4) is 5.82 Å². The van der Waals surface area contributed by atoms with Crippen molar-refractivity contribution in [3.63, 3.8) is 0 Å². The van der Waals surface area contributed by atoms with Crippen LogP contribution in [0.15, 0.2) is 48.7 Å². The number of hydrogen-bond acceptors (Lipinski definition) is 3. The summed E-state index contributed by atoms with van der Waals surface area (Å²) in [6.07, 6.45) is 2.63. The van der Waals surface area contributed by atoms with Gasteiger partial charge in [0.15, 0.2) is 5.82 Å². The Morgan fingerprint density at radius 3 is 2.62 bits per heavy atom. The van der Waals surface area contributed by atoms with Crippen LogP contribution in [-0.4, -0.2) is 20.7 Å². The fraction of sp³-hybridized carbons (Fsp3) is 0.188. The molecule has 0 aliphatic carbocycles. The zero-order chi connectivity index (χ0) is 17.7. The van der Waals surface area contributed by atoms with Crippen LogP contribution < -0.4 is 5.32 Å². The molecule has 0 aliphatic rings. The summed E-state index contributed by atoms with van der Waals surface area (Å²) >= 11 is 0. The molecule has 0 aliphatic heterocycles. The van der Waals surface area contributed by atoms with Gasteiger partial charge in [0.2, 0.25) is 5.91 Å². The van der Waals surface area contributed by atoms with Gasteiger partial charge in [-0.05, 0) is 26.0 Å². The van der Waals surface area contributed by atoms with Gasteiger partial charge in [-0.15, -0.1) is 0 Å². The molecule has 2 aromatic heterocycles. The predicted molar refractivity (Wildman–Crippen MR) is 83.7 cm³/mol. The molecule has 0 spiro atoms. The molecule has 24 heavy (non-hydrogen) atoms. The first-order chi connectivity index (χ1) is 11.3. The molecular formula is C16H15F3N4O. The van der Waals surface area contributed by atoms with Gasteiger partial charge in [0, 0.05) is 18.3 Å². The average molecular weight is 336 g/mol. The molecule has 0 saturated carbocycles. The van der Waals surface area contributed by atoms with E-state index in [4.69, 9.17) is 0 Å². The molecule has 2 aromatic rings. The summed E-state index contributed by atoms with van der Waals surface area (Å²) in [5.41, 5.74) is -0.264. The van der Waals surface area contributed by atoms with E-state index in [1.807, 2.05) is 6.92 Å². The first-order valence-electron chi connectivity index (χ1n) is 7.02. The highest BCUT2D eigenvalue weighted by molar-refractivity contribution is 5.99. The standard InChI is InChI=1S/C16H15F3N4O/c1-3-4-5-6-15(24)21-14-9-11(2)22-23(14)13-8-7-12(10-20-13)16(17,18)19/h3-10H,1-2H3,(H,21,24)/b4-3+,6-5+. The summed E-state index contributed by atoms with van der Waals surface area (Å²) in [5, 5.41) is 6.75. The lowest BCUT2D eigenvalue weighted by Crippen LogP contribution is -2.13. The third-order valence-electron chi connectivity index (χ3n) is 2.93. The molecular weight excluding hydrogens is 321 g/mol. The van der Waals surface area contributed by atoms with Crippen LogP contribution in [0.5, 0.6) is 0 Å². The van der Waals surface area contributed by atoms with Gasteiger partial charge in [-0.3, -0.25) is 4.79 Å². The van der Waals surface area contributed by atoms with Crippen LogP contribution in [0, 0.1) is 6.92 Å². The number of anilines is 1. The fourth-order valence-corrected chi connectivity index (χ4v) is 1.86. The molecule has 0 radical (unpaired) electrons. The van der Waals surface area contributed by atoms with Crippen LogP contribution in [0.2, 0.25) is 0 Å². The number of allylic oxidation sites excluding steroid dienone is 3. The topological polar surface area (TPSA) is 59.8 Å². The minimum absolute atomic E-state index is 0.170. The molecule has 1 N–H and O–H groups in total. The summed E-state index contributed by atoms with van der Waals surface area (Å²) in [6.45, 7) is 3.52. The van der Waals surface area contributed by atoms with Gasteiger partial charge in [-0.25, -0.2) is 4.98 Å². The Hall–Kier alpha value is -2.90. The molecule has 2 heterocycles. The third-order valence-corrected chi connectivity index (χ3v) is 2.93. The lowest BCUT2D eigenvalue weighted by atomic mass is 10.3. The number of pyridine rings is 1. The van der Waals surface area contributed by atoms with E-state index in [0.29, 0.717) is 11.5 Å². The first-order valence-corrected chi connectivity index (χ1v) is 7.02. The summed E-state index contributed by atoms with van der Waals surface area (Å²) < 4.78 is 39.1. The largest absolute Gasteiger partial charge is 0.417 e. The van der Waals surface area contributed by atoms with Crippen molar-refractivity contribution in [3.05, 3.63) is 60.0 Å². The molecule has 126 valence electrons. The van der Waals surface area contributed by atoms with Crippen molar-refractivity contribution in [1.82, 2.24) is 14.8 Å². The Kier molecular flexibility index (Phi) is 5.18. The van der Waals surface area contributed by atoms with Gasteiger partial charge in [-0.2, -0.15) is 23.0 Å². The van der Waals surface area contributed by atoms with E-state index in [1.165, 1.54) is 16.8 Å². The van der Waals surface area contributed by atoms with Crippen molar-refractivity contribution >= 4 is 11.7 Å². The molecule has 8 heteroatoms. The lowest BCUT2D eigenvalue weighted by molar-refractivity contribution is -0.137. The van der Waals surface area contributed by atoms with Crippen LogP contribution in [0.1, 0.15) is 18.2 Å². The SMILES string of the molecule is C/C=C/C=C/C(=O)Nc1cc(C)nn1-c1ccc(C(F)(F)F)cn1. The number of carbonyl (C=O) groups is 1. The van der Waals surface area contributed by atoms with E-state index >= 15 is 0 Å². The molecule has 0 atom stereocenters. The second kappa shape index (κ2) is 7.12. The number of nitrogens with one attached hydrogen (secondary N) is 1. The summed E-state index contributed by atoms with van der Waals surface area (Å²) in [6, 6.07) is 3.71. The number of halogens is 3. The Bertz CT molecular complexity index is 774. The van der Waals surface area contributed by atoms with Crippen molar-refractivity contribution in [2.75, 3.05) is 5.32 Å². The van der Waals surface area contributed by atoms with E-state index in [1.54, 1.807) is 31.2 Å². The molecule has 0 fully saturated rings. The Morgan fingerprint density at radius 2 is 2.04 bits per heavy atom. The number of hydrogen-bond donors (Lipinski definition) is 1. The third kappa shape index (κ3) is 4.31. The van der Waals surface area contributed by atoms with E-state index in [-0.39, 0.29) is 11.7 Å². The summed E-state index contributed by atoms with van der Waals surface area (Å²) in [4.78, 5) is 15.6. The number of carbonyl (C=O) groups excluding carboxylic acids is 1. The monoisotopic (exact) mass is 336 g/mol. The van der Waals surface area contributed by atoms with Crippen LogP contribution in [0.25, 0.3) is 5.82 Å². The zero-order valence-corrected chi connectivity index (χ0v) is 13.0. The van der Waals surface area contributed by atoms with E-state index in [9.17, 15) is 18.0 Å². The minimum atomic E-state index is -4.46. The van der Waals surface area contributed by atoms with E-state index in [0.717, 1.165) is 12.3 Å². The number of rotatable bonds is 4. The molecule has 0 saturated heterocycles. The van der Waals surface area contributed by atoms with Crippen molar-refractivity contribution < 1.29 is 18.0 Å². The Labute approximate surface area is 136 Å². The van der Waals surface area contributed by atoms with Crippen LogP contribution in [-0.2, 0) is 11.0 Å². The van der Waals surface area contributed by atoms with Gasteiger partial charge < -0.3 is 5.32 Å². The van der Waals surface area contributed by atoms with Crippen molar-refractivity contribution in [2.45, 2.75) is 20.0 Å². The molecule has 0 bridgehead atoms. The maximum absolute atomic E-state index is 12.6. The number of nitrogens with zero attached hydrogens (tertiary/aromatic N) is 3. The first kappa shape index (κ1) is 17.5. The highest BCUT2D eigenvalue weighted by atomic mass is 19.4. The van der Waals surface area contributed by atoms with Crippen LogP contribution in [0.3, 0.4) is 0 Å². The van der Waals surface area contributed by atoms with Gasteiger partial charge in [0.25, 0.3) is 0 Å². The number of alkyl halides is 3. The van der Waals surface area contributed by atoms with Crippen LogP contribution >= 0.6 is 0 Å². The Balaban J connectivity index is 2.27. The molecule has 2 rings (SSSR count). The normalized spacial score (nSPS) is 12.2. The Morgan fingerprint density at radius 1 is 1.29 bits per heavy atom. The van der Waals surface area contributed by atoms with Gasteiger partial charge in [0.1, 0.15) is 5.82 Å². The van der Waals surface area contributed by atoms with E-state index < -0.39 is 11.7 Å². The fourth-order valence-electron chi connectivity index (χ4n) is 1.86. The molecule has 5 nitrogen and oxygen atoms in total. The second-order valence-corrected chi connectivity index (χ2v) is 4.86. The van der Waals surface area contributed by atoms with Gasteiger partial charge in [0.05, 0.1) is 11.3 Å². The molecule has 1 amide bonds. The maximum atomic E-state index is 12.6. The van der Waals surface area contributed by atoms with Gasteiger partial charge in [-0.1, -0.05) is 18.2 Å². The maximum Gasteiger partial charge on any atom is 0.417 e. The second-order valence-electron chi connectivity index (χ2n) is 4.86. The van der Waals surface area contributed by atoms with Crippen molar-refractivity contribution in [1.29, 1.82) is 0 Å². The molecule has 0 aromatic carbocycles. The highest BCUT2D eigenvalue weighted by Gasteiger charge is 2.30. The summed E-state index contributed by atoms with van der Waals surface area (Å²) in [7, 11) is 0. The van der Waals surface area contributed by atoms with E-state index in [2.05, 4.69) is 15.4 Å². The molecule has 0 unspecified atom stereocenters. The predicted octanol–water partition coefficient (Wildman–Crippen LogP) is 3.67.